The molecule has 0 saturated carbocycles. The Morgan fingerprint density at radius 2 is 0.982 bits per heavy atom. The Hall–Kier alpha value is -1.28. The molecule has 0 aromatic carbocycles. The van der Waals surface area contributed by atoms with E-state index in [1.807, 2.05) is 27.2 Å². The van der Waals surface area contributed by atoms with Crippen LogP contribution < -0.4 is 10.2 Å². The minimum absolute atomic E-state index is 0.00705. The summed E-state index contributed by atoms with van der Waals surface area (Å²) in [5.41, 5.74) is 0. The average Bonchev–Trinajstić information content (AvgIpc) is 3.16. The van der Waals surface area contributed by atoms with Crippen molar-refractivity contribution in [3.05, 3.63) is 36.5 Å². The number of phosphoric acid groups is 1. The summed E-state index contributed by atoms with van der Waals surface area (Å²) in [7, 11) is 1.24. The first kappa shape index (κ1) is 55.7. The zero-order chi connectivity index (χ0) is 42.1. The minimum Gasteiger partial charge on any atom is -0.756 e. The second kappa shape index (κ2) is 40.1. The third kappa shape index (κ3) is 42.6. The standard InChI is InChI=1S/C48H93N2O6P/c1-6-8-10-12-14-16-18-20-22-23-24-25-26-28-30-32-34-36-38-40-42-48(52)49-46(45-56-57(53,54)55-44-43-50(3,4)5)47(51)41-39-37-35-33-31-29-27-21-19-17-15-13-11-9-7-2/h24-25,31,33,39,41,46-47,51H,6-23,26-30,32,34-38,40,42-45H2,1-5H3,(H-,49,52,53,54)/b25-24-,33-31+,41-39+. The number of quaternary nitrogens is 1. The summed E-state index contributed by atoms with van der Waals surface area (Å²) in [5, 5.41) is 13.8. The quantitative estimate of drug-likeness (QED) is 0.0274. The number of carbonyl (C=O) groups excluding carboxylic acids is 1. The lowest BCUT2D eigenvalue weighted by Crippen LogP contribution is -2.45. The van der Waals surface area contributed by atoms with Gasteiger partial charge in [-0.1, -0.05) is 185 Å². The zero-order valence-corrected chi connectivity index (χ0v) is 38.9. The highest BCUT2D eigenvalue weighted by atomic mass is 31.2. The number of rotatable bonds is 43. The van der Waals surface area contributed by atoms with Gasteiger partial charge in [0.25, 0.3) is 7.82 Å². The van der Waals surface area contributed by atoms with Gasteiger partial charge in [0.1, 0.15) is 13.2 Å². The summed E-state index contributed by atoms with van der Waals surface area (Å²) in [6.45, 7) is 4.62. The largest absolute Gasteiger partial charge is 0.756 e. The molecule has 0 aliphatic carbocycles. The summed E-state index contributed by atoms with van der Waals surface area (Å²) >= 11 is 0. The van der Waals surface area contributed by atoms with Gasteiger partial charge in [0.2, 0.25) is 5.91 Å². The molecule has 57 heavy (non-hydrogen) atoms. The van der Waals surface area contributed by atoms with E-state index < -0.39 is 26.6 Å². The Bertz CT molecular complexity index is 1030. The summed E-state index contributed by atoms with van der Waals surface area (Å²) < 4.78 is 23.2. The van der Waals surface area contributed by atoms with Crippen LogP contribution in [0.4, 0.5) is 0 Å². The third-order valence-corrected chi connectivity index (χ3v) is 11.5. The monoisotopic (exact) mass is 825 g/mol. The Kier molecular flexibility index (Phi) is 39.2. The van der Waals surface area contributed by atoms with Gasteiger partial charge in [-0.3, -0.25) is 9.36 Å². The molecule has 1 amide bonds. The predicted molar refractivity (Wildman–Crippen MR) is 242 cm³/mol. The second-order valence-electron chi connectivity index (χ2n) is 17.5. The lowest BCUT2D eigenvalue weighted by Gasteiger charge is -2.29. The molecule has 0 aliphatic rings. The summed E-state index contributed by atoms with van der Waals surface area (Å²) in [4.78, 5) is 25.3. The molecule has 336 valence electrons. The smallest absolute Gasteiger partial charge is 0.268 e. The van der Waals surface area contributed by atoms with Crippen LogP contribution in [0.15, 0.2) is 36.5 Å². The molecule has 0 aromatic rings. The van der Waals surface area contributed by atoms with Gasteiger partial charge in [0.05, 0.1) is 39.9 Å². The van der Waals surface area contributed by atoms with Crippen molar-refractivity contribution in [1.29, 1.82) is 0 Å². The zero-order valence-electron chi connectivity index (χ0n) is 38.0. The molecule has 0 rings (SSSR count). The second-order valence-corrected chi connectivity index (χ2v) is 18.9. The number of phosphoric ester groups is 1. The highest BCUT2D eigenvalue weighted by molar-refractivity contribution is 7.45. The first-order valence-electron chi connectivity index (χ1n) is 23.9. The number of hydrogen-bond acceptors (Lipinski definition) is 6. The average molecular weight is 825 g/mol. The van der Waals surface area contributed by atoms with Crippen molar-refractivity contribution in [1.82, 2.24) is 5.32 Å². The molecule has 0 aromatic heterocycles. The van der Waals surface area contributed by atoms with Crippen LogP contribution in [-0.4, -0.2) is 68.5 Å². The first-order valence-corrected chi connectivity index (χ1v) is 25.3. The lowest BCUT2D eigenvalue weighted by atomic mass is 10.1. The van der Waals surface area contributed by atoms with Crippen LogP contribution in [0, 0.1) is 0 Å². The number of aliphatic hydroxyl groups is 1. The van der Waals surface area contributed by atoms with Gasteiger partial charge in [-0.05, 0) is 57.8 Å². The molecular weight excluding hydrogens is 732 g/mol. The van der Waals surface area contributed by atoms with Crippen molar-refractivity contribution in [3.63, 3.8) is 0 Å². The molecule has 8 nitrogen and oxygen atoms in total. The fourth-order valence-corrected chi connectivity index (χ4v) is 7.47. The number of allylic oxidation sites excluding steroid dienone is 5. The number of nitrogens with one attached hydrogen (secondary N) is 1. The maximum atomic E-state index is 12.9. The molecule has 2 N–H and O–H groups in total. The van der Waals surface area contributed by atoms with E-state index in [0.29, 0.717) is 17.4 Å². The Morgan fingerprint density at radius 1 is 0.596 bits per heavy atom. The molecule has 0 heterocycles. The molecule has 0 spiro atoms. The summed E-state index contributed by atoms with van der Waals surface area (Å²) in [5.74, 6) is -0.212. The molecule has 0 radical (unpaired) electrons. The third-order valence-electron chi connectivity index (χ3n) is 10.6. The topological polar surface area (TPSA) is 108 Å². The van der Waals surface area contributed by atoms with Crippen molar-refractivity contribution in [2.24, 2.45) is 0 Å². The molecule has 9 heteroatoms. The highest BCUT2D eigenvalue weighted by Crippen LogP contribution is 2.38. The minimum atomic E-state index is -4.60. The Labute approximate surface area is 353 Å². The van der Waals surface area contributed by atoms with Crippen LogP contribution in [0.1, 0.15) is 213 Å². The van der Waals surface area contributed by atoms with Gasteiger partial charge in [-0.2, -0.15) is 0 Å². The van der Waals surface area contributed by atoms with E-state index in [9.17, 15) is 19.4 Å². The van der Waals surface area contributed by atoms with E-state index >= 15 is 0 Å². The van der Waals surface area contributed by atoms with Gasteiger partial charge in [0, 0.05) is 6.42 Å². The van der Waals surface area contributed by atoms with Crippen molar-refractivity contribution in [2.75, 3.05) is 40.9 Å². The van der Waals surface area contributed by atoms with E-state index in [1.165, 1.54) is 154 Å². The Balaban J connectivity index is 4.39. The van der Waals surface area contributed by atoms with Crippen LogP contribution >= 0.6 is 7.82 Å². The van der Waals surface area contributed by atoms with Crippen LogP contribution in [0.2, 0.25) is 0 Å². The number of amides is 1. The SMILES string of the molecule is CCCCCCCCCCC/C=C\CCCCCCCCCC(=O)NC(COP(=O)([O-])OCC[N+](C)(C)C)C(O)/C=C/CC/C=C/CCCCCCCCCCC. The molecule has 0 aliphatic heterocycles. The van der Waals surface area contributed by atoms with Crippen LogP contribution in [0.3, 0.4) is 0 Å². The number of nitrogens with zero attached hydrogens (tertiary/aromatic N) is 1. The molecule has 3 unspecified atom stereocenters. The summed E-state index contributed by atoms with van der Waals surface area (Å²) in [6, 6.07) is -0.903. The maximum Gasteiger partial charge on any atom is 0.268 e. The van der Waals surface area contributed by atoms with E-state index in [1.54, 1.807) is 6.08 Å². The molecule has 0 fully saturated rings. The highest BCUT2D eigenvalue weighted by Gasteiger charge is 2.23. The number of unbranched alkanes of at least 4 members (excludes halogenated alkanes) is 26. The van der Waals surface area contributed by atoms with Crippen molar-refractivity contribution >= 4 is 13.7 Å². The number of hydrogen-bond donors (Lipinski definition) is 2. The van der Waals surface area contributed by atoms with Gasteiger partial charge in [0.15, 0.2) is 0 Å². The van der Waals surface area contributed by atoms with E-state index in [-0.39, 0.29) is 12.5 Å². The lowest BCUT2D eigenvalue weighted by molar-refractivity contribution is -0.870. The van der Waals surface area contributed by atoms with Crippen LogP contribution in [0.25, 0.3) is 0 Å². The van der Waals surface area contributed by atoms with Crippen LogP contribution in [-0.2, 0) is 18.4 Å². The fourth-order valence-electron chi connectivity index (χ4n) is 6.75. The van der Waals surface area contributed by atoms with Gasteiger partial charge in [-0.15, -0.1) is 0 Å². The first-order chi connectivity index (χ1) is 27.5. The molecular formula is C48H93N2O6P. The fraction of sp³-hybridized carbons (Fsp3) is 0.854. The molecule has 3 atom stereocenters. The number of aliphatic hydroxyl groups excluding tert-OH is 1. The number of carbonyl (C=O) groups is 1. The predicted octanol–water partition coefficient (Wildman–Crippen LogP) is 12.8. The van der Waals surface area contributed by atoms with Crippen molar-refractivity contribution in [3.8, 4) is 0 Å². The van der Waals surface area contributed by atoms with Gasteiger partial charge in [-0.25, -0.2) is 0 Å². The normalized spacial score (nSPS) is 14.6. The van der Waals surface area contributed by atoms with E-state index in [2.05, 4.69) is 43.5 Å². The Morgan fingerprint density at radius 3 is 1.42 bits per heavy atom. The summed E-state index contributed by atoms with van der Waals surface area (Å²) in [6.07, 6.45) is 49.1. The van der Waals surface area contributed by atoms with Crippen molar-refractivity contribution < 1.29 is 32.9 Å². The van der Waals surface area contributed by atoms with Crippen molar-refractivity contribution in [2.45, 2.75) is 225 Å². The maximum absolute atomic E-state index is 12.9. The van der Waals surface area contributed by atoms with Gasteiger partial charge >= 0.3 is 0 Å². The van der Waals surface area contributed by atoms with E-state index in [4.69, 9.17) is 9.05 Å². The molecule has 0 bridgehead atoms. The van der Waals surface area contributed by atoms with Gasteiger partial charge < -0.3 is 28.8 Å². The van der Waals surface area contributed by atoms with Crippen LogP contribution in [0.5, 0.6) is 0 Å². The van der Waals surface area contributed by atoms with E-state index in [0.717, 1.165) is 38.5 Å². The number of likely N-dealkylation sites (N-methyl/N-ethyl adjacent to an activating group) is 1. The molecule has 0 saturated heterocycles.